The predicted molar refractivity (Wildman–Crippen MR) is 93.7 cm³/mol. The van der Waals surface area contributed by atoms with Crippen LogP contribution in [0.1, 0.15) is 23.0 Å². The number of hydrogen-bond donors (Lipinski definition) is 3. The second-order valence-electron chi connectivity index (χ2n) is 5.87. The summed E-state index contributed by atoms with van der Waals surface area (Å²) in [6.07, 6.45) is -0.675. The summed E-state index contributed by atoms with van der Waals surface area (Å²) in [4.78, 5) is 27.8. The van der Waals surface area contributed by atoms with E-state index in [9.17, 15) is 14.7 Å². The van der Waals surface area contributed by atoms with Crippen LogP contribution >= 0.6 is 0 Å². The van der Waals surface area contributed by atoms with Crippen molar-refractivity contribution in [2.75, 3.05) is 24.7 Å². The first-order valence-electron chi connectivity index (χ1n) is 8.11. The normalized spacial score (nSPS) is 22.2. The molecule has 0 aliphatic carbocycles. The van der Waals surface area contributed by atoms with Crippen LogP contribution in [0, 0.1) is 0 Å². The number of rotatable bonds is 5. The van der Waals surface area contributed by atoms with E-state index >= 15 is 0 Å². The minimum absolute atomic E-state index is 0.110. The van der Waals surface area contributed by atoms with Gasteiger partial charge in [0.05, 0.1) is 11.7 Å². The number of esters is 1. The fourth-order valence-corrected chi connectivity index (χ4v) is 2.80. The Kier molecular flexibility index (Phi) is 5.19. The van der Waals surface area contributed by atoms with Crippen LogP contribution < -0.4 is 16.7 Å². The summed E-state index contributed by atoms with van der Waals surface area (Å²) >= 11 is 0. The molecule has 0 saturated carbocycles. The van der Waals surface area contributed by atoms with Crippen LogP contribution in [-0.2, 0) is 9.47 Å². The molecule has 1 aromatic heterocycles. The van der Waals surface area contributed by atoms with Gasteiger partial charge in [0.25, 0.3) is 0 Å². The highest BCUT2D eigenvalue weighted by molar-refractivity contribution is 5.95. The molecule has 1 saturated heterocycles. The highest BCUT2D eigenvalue weighted by Crippen LogP contribution is 2.28. The third kappa shape index (κ3) is 3.68. The van der Waals surface area contributed by atoms with Gasteiger partial charge in [-0.05, 0) is 18.2 Å². The van der Waals surface area contributed by atoms with Gasteiger partial charge in [-0.15, -0.1) is 0 Å². The van der Waals surface area contributed by atoms with Crippen molar-refractivity contribution >= 4 is 17.5 Å². The molecule has 9 nitrogen and oxygen atoms in total. The van der Waals surface area contributed by atoms with Gasteiger partial charge in [-0.3, -0.25) is 4.57 Å². The Hall–Kier alpha value is -2.91. The number of aliphatic hydroxyl groups excluding tert-OH is 1. The summed E-state index contributed by atoms with van der Waals surface area (Å²) in [5, 5.41) is 13.1. The summed E-state index contributed by atoms with van der Waals surface area (Å²) in [7, 11) is 1.71. The van der Waals surface area contributed by atoms with Crippen molar-refractivity contribution in [2.24, 2.45) is 0 Å². The maximum absolute atomic E-state index is 12.3. The highest BCUT2D eigenvalue weighted by atomic mass is 16.6. The number of carbonyl (C=O) groups is 1. The van der Waals surface area contributed by atoms with Gasteiger partial charge in [-0.1, -0.05) is 12.1 Å². The molecule has 9 heteroatoms. The summed E-state index contributed by atoms with van der Waals surface area (Å²) < 4.78 is 12.2. The molecule has 3 rings (SSSR count). The molecule has 1 aromatic carbocycles. The first-order valence-corrected chi connectivity index (χ1v) is 8.11. The SMILES string of the molecule is CNc1ccccc1C(=O)OC[C@H]1O[C@@H](n2ccc(N)nc2=O)C[C@@H]1O. The lowest BCUT2D eigenvalue weighted by Gasteiger charge is -2.16. The number of nitrogens with two attached hydrogens (primary N) is 1. The van der Waals surface area contributed by atoms with Crippen molar-refractivity contribution < 1.29 is 19.4 Å². The average molecular weight is 360 g/mol. The molecule has 0 radical (unpaired) electrons. The Morgan fingerprint density at radius 3 is 2.96 bits per heavy atom. The summed E-state index contributed by atoms with van der Waals surface area (Å²) in [6.45, 7) is -0.133. The molecular formula is C17H20N4O5. The molecule has 3 atom stereocenters. The van der Waals surface area contributed by atoms with Gasteiger partial charge in [0.1, 0.15) is 24.8 Å². The fraction of sp³-hybridized carbons (Fsp3) is 0.353. The van der Waals surface area contributed by atoms with Gasteiger partial charge in [0.2, 0.25) is 0 Å². The van der Waals surface area contributed by atoms with Crippen molar-refractivity contribution in [2.45, 2.75) is 24.9 Å². The van der Waals surface area contributed by atoms with Gasteiger partial charge in [-0.25, -0.2) is 9.59 Å². The summed E-state index contributed by atoms with van der Waals surface area (Å²) in [5.41, 5.74) is 5.93. The van der Waals surface area contributed by atoms with E-state index in [0.717, 1.165) is 0 Å². The number of aromatic nitrogens is 2. The summed E-state index contributed by atoms with van der Waals surface area (Å²) in [5.74, 6) is -0.418. The number of anilines is 2. The minimum atomic E-state index is -0.878. The largest absolute Gasteiger partial charge is 0.459 e. The molecule has 2 aromatic rings. The first kappa shape index (κ1) is 17.9. The number of nitrogens with zero attached hydrogens (tertiary/aromatic N) is 2. The number of ether oxygens (including phenoxy) is 2. The molecule has 0 bridgehead atoms. The molecule has 0 spiro atoms. The number of hydrogen-bond acceptors (Lipinski definition) is 8. The van der Waals surface area contributed by atoms with Gasteiger partial charge >= 0.3 is 11.7 Å². The lowest BCUT2D eigenvalue weighted by Crippen LogP contribution is -2.29. The van der Waals surface area contributed by atoms with E-state index in [1.807, 2.05) is 0 Å². The van der Waals surface area contributed by atoms with E-state index in [-0.39, 0.29) is 18.8 Å². The molecule has 1 aliphatic rings. The zero-order valence-electron chi connectivity index (χ0n) is 14.2. The molecule has 0 unspecified atom stereocenters. The maximum atomic E-state index is 12.3. The van der Waals surface area contributed by atoms with Crippen molar-refractivity contribution in [1.82, 2.24) is 9.55 Å². The molecule has 2 heterocycles. The van der Waals surface area contributed by atoms with E-state index in [1.54, 1.807) is 31.3 Å². The number of nitrogens with one attached hydrogen (secondary N) is 1. The van der Waals surface area contributed by atoms with E-state index in [2.05, 4.69) is 10.3 Å². The van der Waals surface area contributed by atoms with Crippen LogP contribution in [0.4, 0.5) is 11.5 Å². The quantitative estimate of drug-likeness (QED) is 0.653. The van der Waals surface area contributed by atoms with Gasteiger partial charge in [0.15, 0.2) is 0 Å². The van der Waals surface area contributed by atoms with Gasteiger partial charge in [0, 0.05) is 25.4 Å². The zero-order valence-corrected chi connectivity index (χ0v) is 14.2. The van der Waals surface area contributed by atoms with Crippen LogP contribution in [-0.4, -0.2) is 46.5 Å². The van der Waals surface area contributed by atoms with E-state index in [4.69, 9.17) is 15.2 Å². The van der Waals surface area contributed by atoms with E-state index in [0.29, 0.717) is 11.3 Å². The summed E-state index contributed by atoms with van der Waals surface area (Å²) in [6, 6.07) is 8.40. The molecule has 4 N–H and O–H groups in total. The van der Waals surface area contributed by atoms with Crippen molar-refractivity contribution in [3.8, 4) is 0 Å². The Labute approximate surface area is 149 Å². The average Bonchev–Trinajstić information content (AvgIpc) is 3.00. The Morgan fingerprint density at radius 2 is 2.23 bits per heavy atom. The van der Waals surface area contributed by atoms with Crippen LogP contribution in [0.25, 0.3) is 0 Å². The number of para-hydroxylation sites is 1. The lowest BCUT2D eigenvalue weighted by molar-refractivity contribution is -0.0531. The molecular weight excluding hydrogens is 340 g/mol. The third-order valence-corrected chi connectivity index (χ3v) is 4.16. The maximum Gasteiger partial charge on any atom is 0.351 e. The molecule has 138 valence electrons. The second-order valence-corrected chi connectivity index (χ2v) is 5.87. The molecule has 1 fully saturated rings. The van der Waals surface area contributed by atoms with Crippen molar-refractivity contribution in [3.05, 3.63) is 52.6 Å². The Balaban J connectivity index is 1.64. The molecule has 1 aliphatic heterocycles. The molecule has 0 amide bonds. The van der Waals surface area contributed by atoms with Gasteiger partial charge in [-0.2, -0.15) is 4.98 Å². The number of benzene rings is 1. The Bertz CT molecular complexity index is 853. The van der Waals surface area contributed by atoms with Gasteiger partial charge < -0.3 is 25.6 Å². The van der Waals surface area contributed by atoms with E-state index in [1.165, 1.54) is 16.8 Å². The third-order valence-electron chi connectivity index (χ3n) is 4.16. The number of carbonyl (C=O) groups excluding carboxylic acids is 1. The zero-order chi connectivity index (χ0) is 18.7. The fourth-order valence-electron chi connectivity index (χ4n) is 2.80. The predicted octanol–water partition coefficient (Wildman–Crippen LogP) is 0.373. The van der Waals surface area contributed by atoms with Crippen LogP contribution in [0.2, 0.25) is 0 Å². The number of nitrogen functional groups attached to an aromatic ring is 1. The van der Waals surface area contributed by atoms with Crippen molar-refractivity contribution in [1.29, 1.82) is 0 Å². The number of aliphatic hydroxyl groups is 1. The minimum Gasteiger partial charge on any atom is -0.459 e. The standard InChI is InChI=1S/C17H20N4O5/c1-19-11-5-3-2-4-10(11)16(23)25-9-13-12(22)8-15(26-13)21-7-6-14(18)20-17(21)24/h2-7,12-13,15,19,22H,8-9H2,1H3,(H2,18,20,24)/t12-,13+,15+/m0/s1. The Morgan fingerprint density at radius 1 is 1.46 bits per heavy atom. The van der Waals surface area contributed by atoms with Crippen LogP contribution in [0.5, 0.6) is 0 Å². The van der Waals surface area contributed by atoms with Crippen LogP contribution in [0.3, 0.4) is 0 Å². The van der Waals surface area contributed by atoms with Crippen LogP contribution in [0.15, 0.2) is 41.3 Å². The second kappa shape index (κ2) is 7.54. The first-order chi connectivity index (χ1) is 12.5. The molecule has 26 heavy (non-hydrogen) atoms. The van der Waals surface area contributed by atoms with Crippen molar-refractivity contribution in [3.63, 3.8) is 0 Å². The van der Waals surface area contributed by atoms with E-state index < -0.39 is 30.1 Å². The topological polar surface area (TPSA) is 129 Å². The lowest BCUT2D eigenvalue weighted by atomic mass is 10.1. The monoisotopic (exact) mass is 360 g/mol. The smallest absolute Gasteiger partial charge is 0.351 e. The highest BCUT2D eigenvalue weighted by Gasteiger charge is 2.36.